The van der Waals surface area contributed by atoms with Crippen LogP contribution in [0.5, 0.6) is 11.5 Å². The van der Waals surface area contributed by atoms with Crippen molar-refractivity contribution in [3.05, 3.63) is 56.2 Å². The molecule has 0 fully saturated rings. The van der Waals surface area contributed by atoms with Gasteiger partial charge in [0.2, 0.25) is 5.91 Å². The molecule has 0 aromatic heterocycles. The molecule has 0 heterocycles. The highest BCUT2D eigenvalue weighted by atomic mass is 127. The molecule has 0 aliphatic rings. The molecule has 0 atom stereocenters. The number of nitrogens with zero attached hydrogens (tertiary/aromatic N) is 1. The summed E-state index contributed by atoms with van der Waals surface area (Å²) in [5, 5.41) is 12.8. The number of halogens is 1. The second-order valence-electron chi connectivity index (χ2n) is 6.35. The fourth-order valence-corrected chi connectivity index (χ4v) is 3.42. The lowest BCUT2D eigenvalue weighted by Gasteiger charge is -2.13. The standard InChI is InChI=1S/C21H23IN2O5/c1-4-28-18-9-15(8-17(22)21(18)29-12-20(26)27)11-23-24-19(25)10-16-6-5-13(2)7-14(16)3/h5-9,11H,4,10,12H2,1-3H3,(H,24,25)(H,26,27)/b23-11-. The van der Waals surface area contributed by atoms with Gasteiger partial charge in [0.05, 0.1) is 22.8 Å². The van der Waals surface area contributed by atoms with E-state index in [1.807, 2.05) is 61.6 Å². The van der Waals surface area contributed by atoms with Crippen LogP contribution in [0.3, 0.4) is 0 Å². The minimum absolute atomic E-state index is 0.214. The number of rotatable bonds is 9. The zero-order valence-electron chi connectivity index (χ0n) is 16.5. The van der Waals surface area contributed by atoms with Gasteiger partial charge in [-0.15, -0.1) is 0 Å². The lowest BCUT2D eigenvalue weighted by atomic mass is 10.0. The van der Waals surface area contributed by atoms with E-state index in [0.717, 1.165) is 16.7 Å². The van der Waals surface area contributed by atoms with Crippen LogP contribution in [0.2, 0.25) is 0 Å². The van der Waals surface area contributed by atoms with Crippen molar-refractivity contribution >= 4 is 40.7 Å². The number of aliphatic carboxylic acids is 1. The summed E-state index contributed by atoms with van der Waals surface area (Å²) in [6.07, 6.45) is 1.75. The van der Waals surface area contributed by atoms with Crippen molar-refractivity contribution in [1.82, 2.24) is 5.43 Å². The van der Waals surface area contributed by atoms with Gasteiger partial charge in [-0.05, 0) is 72.2 Å². The number of carbonyl (C=O) groups is 2. The highest BCUT2D eigenvalue weighted by Gasteiger charge is 2.13. The van der Waals surface area contributed by atoms with Crippen LogP contribution >= 0.6 is 22.6 Å². The number of aryl methyl sites for hydroxylation is 2. The van der Waals surface area contributed by atoms with Crippen LogP contribution in [0.1, 0.15) is 29.2 Å². The van der Waals surface area contributed by atoms with E-state index in [0.29, 0.717) is 27.2 Å². The van der Waals surface area contributed by atoms with Crippen LogP contribution < -0.4 is 14.9 Å². The van der Waals surface area contributed by atoms with Gasteiger partial charge in [0.1, 0.15) is 0 Å². The number of hydrogen-bond donors (Lipinski definition) is 2. The Labute approximate surface area is 183 Å². The van der Waals surface area contributed by atoms with E-state index in [-0.39, 0.29) is 12.3 Å². The van der Waals surface area contributed by atoms with Crippen LogP contribution in [0.4, 0.5) is 0 Å². The Morgan fingerprint density at radius 3 is 2.62 bits per heavy atom. The smallest absolute Gasteiger partial charge is 0.341 e. The predicted molar refractivity (Wildman–Crippen MR) is 119 cm³/mol. The summed E-state index contributed by atoms with van der Waals surface area (Å²) in [6.45, 7) is 5.74. The molecule has 0 saturated carbocycles. The summed E-state index contributed by atoms with van der Waals surface area (Å²) in [5.74, 6) is -0.496. The van der Waals surface area contributed by atoms with Crippen LogP contribution in [-0.2, 0) is 16.0 Å². The van der Waals surface area contributed by atoms with Gasteiger partial charge in [0, 0.05) is 0 Å². The number of hydrogen-bond acceptors (Lipinski definition) is 5. The van der Waals surface area contributed by atoms with E-state index < -0.39 is 12.6 Å². The Bertz CT molecular complexity index is 928. The van der Waals surface area contributed by atoms with Gasteiger partial charge < -0.3 is 14.6 Å². The van der Waals surface area contributed by atoms with E-state index in [1.165, 1.54) is 6.21 Å². The number of hydrazone groups is 1. The number of benzene rings is 2. The summed E-state index contributed by atoms with van der Waals surface area (Å²) in [6, 6.07) is 9.41. The van der Waals surface area contributed by atoms with Gasteiger partial charge in [-0.1, -0.05) is 23.8 Å². The Kier molecular flexibility index (Phi) is 8.44. The molecular formula is C21H23IN2O5. The SMILES string of the molecule is CCOc1cc(/C=N\NC(=O)Cc2ccc(C)cc2C)cc(I)c1OCC(=O)O. The summed E-state index contributed by atoms with van der Waals surface area (Å²) in [4.78, 5) is 22.9. The second-order valence-corrected chi connectivity index (χ2v) is 7.51. The largest absolute Gasteiger partial charge is 0.490 e. The minimum atomic E-state index is -1.07. The fourth-order valence-electron chi connectivity index (χ4n) is 2.63. The first-order valence-electron chi connectivity index (χ1n) is 8.99. The van der Waals surface area contributed by atoms with Gasteiger partial charge in [-0.25, -0.2) is 10.2 Å². The third-order valence-electron chi connectivity index (χ3n) is 3.92. The Morgan fingerprint density at radius 1 is 1.21 bits per heavy atom. The molecule has 0 unspecified atom stereocenters. The second kappa shape index (κ2) is 10.8. The third kappa shape index (κ3) is 7.04. The van der Waals surface area contributed by atoms with Crippen LogP contribution in [0, 0.1) is 17.4 Å². The van der Waals surface area contributed by atoms with Crippen LogP contribution in [0.15, 0.2) is 35.4 Å². The average molecular weight is 510 g/mol. The summed E-state index contributed by atoms with van der Waals surface area (Å²) >= 11 is 2.04. The highest BCUT2D eigenvalue weighted by molar-refractivity contribution is 14.1. The van der Waals surface area contributed by atoms with Gasteiger partial charge >= 0.3 is 5.97 Å². The predicted octanol–water partition coefficient (Wildman–Crippen LogP) is 3.46. The Morgan fingerprint density at radius 2 is 1.97 bits per heavy atom. The molecule has 2 aromatic rings. The fraction of sp³-hybridized carbons (Fsp3) is 0.286. The minimum Gasteiger partial charge on any atom is -0.490 e. The molecule has 7 nitrogen and oxygen atoms in total. The number of carbonyl (C=O) groups excluding carboxylic acids is 1. The quantitative estimate of drug-likeness (QED) is 0.306. The Balaban J connectivity index is 2.07. The number of carboxylic acid groups (broad SMARTS) is 1. The van der Waals surface area contributed by atoms with Gasteiger partial charge in [-0.2, -0.15) is 5.10 Å². The monoisotopic (exact) mass is 510 g/mol. The molecule has 0 aliphatic heterocycles. The van der Waals surface area contributed by atoms with E-state index in [1.54, 1.807) is 12.1 Å². The molecule has 0 saturated heterocycles. The van der Waals surface area contributed by atoms with Crippen LogP contribution in [-0.4, -0.2) is 36.4 Å². The first kappa shape index (κ1) is 22.7. The van der Waals surface area contributed by atoms with E-state index in [4.69, 9.17) is 14.6 Å². The molecule has 0 aliphatic carbocycles. The summed E-state index contributed by atoms with van der Waals surface area (Å²) in [7, 11) is 0. The van der Waals surface area contributed by atoms with E-state index in [9.17, 15) is 9.59 Å². The van der Waals surface area contributed by atoms with Gasteiger partial charge in [-0.3, -0.25) is 4.79 Å². The van der Waals surface area contributed by atoms with Gasteiger partial charge in [0.15, 0.2) is 18.1 Å². The van der Waals surface area contributed by atoms with Crippen molar-refractivity contribution in [3.63, 3.8) is 0 Å². The molecule has 2 rings (SSSR count). The van der Waals surface area contributed by atoms with Crippen molar-refractivity contribution in [3.8, 4) is 11.5 Å². The zero-order valence-corrected chi connectivity index (χ0v) is 18.6. The van der Waals surface area contributed by atoms with E-state index in [2.05, 4.69) is 10.5 Å². The van der Waals surface area contributed by atoms with Crippen molar-refractivity contribution in [2.45, 2.75) is 27.2 Å². The topological polar surface area (TPSA) is 97.2 Å². The van der Waals surface area contributed by atoms with E-state index >= 15 is 0 Å². The lowest BCUT2D eigenvalue weighted by molar-refractivity contribution is -0.139. The summed E-state index contributed by atoms with van der Waals surface area (Å²) < 4.78 is 11.5. The maximum Gasteiger partial charge on any atom is 0.341 e. The molecule has 2 N–H and O–H groups in total. The number of carboxylic acids is 1. The molecule has 0 spiro atoms. The molecule has 1 amide bonds. The molecule has 29 heavy (non-hydrogen) atoms. The van der Waals surface area contributed by atoms with Crippen molar-refractivity contribution < 1.29 is 24.2 Å². The number of ether oxygens (including phenoxy) is 2. The van der Waals surface area contributed by atoms with Gasteiger partial charge in [0.25, 0.3) is 0 Å². The third-order valence-corrected chi connectivity index (χ3v) is 4.72. The molecule has 154 valence electrons. The molecule has 8 heteroatoms. The lowest BCUT2D eigenvalue weighted by Crippen LogP contribution is -2.20. The maximum atomic E-state index is 12.2. The molecule has 2 aromatic carbocycles. The first-order valence-corrected chi connectivity index (χ1v) is 10.1. The Hall–Kier alpha value is -2.62. The molecule has 0 bridgehead atoms. The zero-order chi connectivity index (χ0) is 21.4. The van der Waals surface area contributed by atoms with Crippen molar-refractivity contribution in [2.24, 2.45) is 5.10 Å². The van der Waals surface area contributed by atoms with Crippen molar-refractivity contribution in [2.75, 3.05) is 13.2 Å². The maximum absolute atomic E-state index is 12.2. The molecule has 0 radical (unpaired) electrons. The molecular weight excluding hydrogens is 487 g/mol. The normalized spacial score (nSPS) is 10.8. The summed E-state index contributed by atoms with van der Waals surface area (Å²) in [5.41, 5.74) is 6.39. The van der Waals surface area contributed by atoms with Crippen molar-refractivity contribution in [1.29, 1.82) is 0 Å². The first-order chi connectivity index (χ1) is 13.8. The highest BCUT2D eigenvalue weighted by Crippen LogP contribution is 2.33. The number of nitrogens with one attached hydrogen (secondary N) is 1. The van der Waals surface area contributed by atoms with Crippen LogP contribution in [0.25, 0.3) is 0 Å². The number of amides is 1. The average Bonchev–Trinajstić information content (AvgIpc) is 2.63.